The summed E-state index contributed by atoms with van der Waals surface area (Å²) >= 11 is 0. The number of amidine groups is 1. The fourth-order valence-corrected chi connectivity index (χ4v) is 4.56. The van der Waals surface area contributed by atoms with Crippen LogP contribution in [0.5, 0.6) is 0 Å². The summed E-state index contributed by atoms with van der Waals surface area (Å²) in [4.78, 5) is 26.2. The first-order valence-corrected chi connectivity index (χ1v) is 11.0. The van der Waals surface area contributed by atoms with Gasteiger partial charge in [0.05, 0.1) is 11.3 Å². The number of carbonyl (C=O) groups excluding carboxylic acids is 2. The molecule has 2 aliphatic heterocycles. The summed E-state index contributed by atoms with van der Waals surface area (Å²) in [7, 11) is -3.88. The molecule has 152 valence electrons. The smallest absolute Gasteiger partial charge is 0.338 e. The molecule has 1 aromatic rings. The molecular weight excluding hydrogens is 382 g/mol. The van der Waals surface area contributed by atoms with Crippen LogP contribution in [-0.2, 0) is 19.6 Å². The van der Waals surface area contributed by atoms with E-state index in [2.05, 4.69) is 9.71 Å². The van der Waals surface area contributed by atoms with E-state index in [0.29, 0.717) is 31.0 Å². The number of esters is 1. The Balaban J connectivity index is 1.84. The van der Waals surface area contributed by atoms with E-state index in [4.69, 9.17) is 4.74 Å². The molecule has 1 N–H and O–H groups in total. The number of carbonyl (C=O) groups is 2. The predicted octanol–water partition coefficient (Wildman–Crippen LogP) is 2.24. The second kappa shape index (κ2) is 8.30. The molecule has 1 atom stereocenters. The van der Waals surface area contributed by atoms with Crippen molar-refractivity contribution in [3.63, 3.8) is 0 Å². The van der Waals surface area contributed by atoms with Crippen molar-refractivity contribution in [1.82, 2.24) is 5.32 Å². The minimum Gasteiger partial charge on any atom is -0.449 e. The molecule has 0 aliphatic carbocycles. The van der Waals surface area contributed by atoms with E-state index in [-0.39, 0.29) is 16.4 Å². The van der Waals surface area contributed by atoms with Crippen LogP contribution in [0.2, 0.25) is 0 Å². The molecule has 1 aromatic carbocycles. The van der Waals surface area contributed by atoms with Crippen molar-refractivity contribution >= 4 is 33.4 Å². The zero-order valence-corrected chi connectivity index (χ0v) is 16.9. The van der Waals surface area contributed by atoms with Crippen LogP contribution in [0.4, 0.5) is 5.69 Å². The molecule has 0 spiro atoms. The van der Waals surface area contributed by atoms with Crippen molar-refractivity contribution in [2.24, 2.45) is 4.40 Å². The van der Waals surface area contributed by atoms with Crippen molar-refractivity contribution in [3.05, 3.63) is 23.8 Å². The predicted molar refractivity (Wildman–Crippen MR) is 105 cm³/mol. The number of amides is 1. The number of rotatable bonds is 5. The number of sulfonamides is 1. The highest BCUT2D eigenvalue weighted by Crippen LogP contribution is 2.35. The number of nitrogens with zero attached hydrogens (tertiary/aromatic N) is 2. The average molecular weight is 407 g/mol. The molecule has 9 heteroatoms. The SMILES string of the molecule is CCCNC(=O)[C@@H](C)OC(=O)c1ccc2c(c1)S(=O)(=O)N=C1CCCCCN12. The molecule has 2 heterocycles. The lowest BCUT2D eigenvalue weighted by Crippen LogP contribution is -2.36. The van der Waals surface area contributed by atoms with Crippen LogP contribution in [0.15, 0.2) is 27.5 Å². The minimum absolute atomic E-state index is 0.00399. The number of hydrogen-bond acceptors (Lipinski definition) is 6. The van der Waals surface area contributed by atoms with E-state index in [9.17, 15) is 18.0 Å². The van der Waals surface area contributed by atoms with Crippen LogP contribution < -0.4 is 10.2 Å². The van der Waals surface area contributed by atoms with Crippen LogP contribution in [0.3, 0.4) is 0 Å². The number of ether oxygens (including phenoxy) is 1. The second-order valence-electron chi connectivity index (χ2n) is 6.97. The first kappa shape index (κ1) is 20.3. The van der Waals surface area contributed by atoms with Crippen LogP contribution in [0, 0.1) is 0 Å². The summed E-state index contributed by atoms with van der Waals surface area (Å²) in [6, 6.07) is 4.43. The highest BCUT2D eigenvalue weighted by atomic mass is 32.2. The largest absolute Gasteiger partial charge is 0.449 e. The zero-order valence-electron chi connectivity index (χ0n) is 16.1. The van der Waals surface area contributed by atoms with Crippen LogP contribution in [-0.4, -0.2) is 45.3 Å². The average Bonchev–Trinajstić information content (AvgIpc) is 2.90. The van der Waals surface area contributed by atoms with Gasteiger partial charge in [-0.15, -0.1) is 4.40 Å². The number of benzene rings is 1. The fourth-order valence-electron chi connectivity index (χ4n) is 3.28. The fraction of sp³-hybridized carbons (Fsp3) is 0.526. The van der Waals surface area contributed by atoms with Gasteiger partial charge in [0, 0.05) is 19.5 Å². The Hall–Kier alpha value is -2.42. The molecule has 0 aromatic heterocycles. The molecule has 2 aliphatic rings. The second-order valence-corrected chi connectivity index (χ2v) is 8.54. The third-order valence-corrected chi connectivity index (χ3v) is 6.12. The number of fused-ring (bicyclic) bond motifs is 3. The minimum atomic E-state index is -3.88. The number of hydrogen-bond donors (Lipinski definition) is 1. The summed E-state index contributed by atoms with van der Waals surface area (Å²) in [6.45, 7) is 4.59. The van der Waals surface area contributed by atoms with Crippen molar-refractivity contribution in [1.29, 1.82) is 0 Å². The number of nitrogens with one attached hydrogen (secondary N) is 1. The molecule has 0 bridgehead atoms. The van der Waals surface area contributed by atoms with E-state index in [1.807, 2.05) is 11.8 Å². The lowest BCUT2D eigenvalue weighted by atomic mass is 10.1. The summed E-state index contributed by atoms with van der Waals surface area (Å²) in [5.74, 6) is -0.580. The van der Waals surface area contributed by atoms with E-state index < -0.39 is 22.1 Å². The van der Waals surface area contributed by atoms with Gasteiger partial charge < -0.3 is 15.0 Å². The Morgan fingerprint density at radius 1 is 1.29 bits per heavy atom. The monoisotopic (exact) mass is 407 g/mol. The Kier molecular flexibility index (Phi) is 6.02. The van der Waals surface area contributed by atoms with Crippen LogP contribution in [0.1, 0.15) is 56.3 Å². The first-order valence-electron chi connectivity index (χ1n) is 9.57. The molecule has 28 heavy (non-hydrogen) atoms. The normalized spacial score (nSPS) is 18.8. The Bertz CT molecular complexity index is 910. The molecule has 8 nitrogen and oxygen atoms in total. The van der Waals surface area contributed by atoms with Crippen molar-refractivity contribution in [2.75, 3.05) is 18.0 Å². The van der Waals surface area contributed by atoms with Crippen molar-refractivity contribution in [3.8, 4) is 0 Å². The molecule has 1 fully saturated rings. The van der Waals surface area contributed by atoms with Gasteiger partial charge in [-0.25, -0.2) is 4.79 Å². The standard InChI is InChI=1S/C19H25N3O5S/c1-3-10-20-18(23)13(2)27-19(24)14-8-9-15-16(12-14)28(25,26)21-17-7-5-4-6-11-22(15)17/h8-9,12-13H,3-7,10-11H2,1-2H3,(H,20,23)/t13-/m1/s1. The van der Waals surface area contributed by atoms with E-state index in [0.717, 1.165) is 25.7 Å². The van der Waals surface area contributed by atoms with Crippen molar-refractivity contribution < 1.29 is 22.7 Å². The van der Waals surface area contributed by atoms with Gasteiger partial charge in [-0.05, 0) is 44.4 Å². The van der Waals surface area contributed by atoms with Crippen LogP contribution in [0.25, 0.3) is 0 Å². The maximum atomic E-state index is 12.6. The highest BCUT2D eigenvalue weighted by molar-refractivity contribution is 7.90. The molecule has 1 saturated heterocycles. The molecular formula is C19H25N3O5S. The van der Waals surface area contributed by atoms with E-state index in [1.54, 1.807) is 6.07 Å². The topological polar surface area (TPSA) is 105 Å². The maximum Gasteiger partial charge on any atom is 0.338 e. The quantitative estimate of drug-likeness (QED) is 0.751. The highest BCUT2D eigenvalue weighted by Gasteiger charge is 2.32. The molecule has 0 saturated carbocycles. The maximum absolute atomic E-state index is 12.6. The van der Waals surface area contributed by atoms with Crippen LogP contribution >= 0.6 is 0 Å². The summed E-state index contributed by atoms with van der Waals surface area (Å²) < 4.78 is 34.4. The molecule has 3 rings (SSSR count). The Morgan fingerprint density at radius 3 is 2.82 bits per heavy atom. The molecule has 0 radical (unpaired) electrons. The van der Waals surface area contributed by atoms with Gasteiger partial charge >= 0.3 is 5.97 Å². The molecule has 1 amide bonds. The Morgan fingerprint density at radius 2 is 2.07 bits per heavy atom. The van der Waals surface area contributed by atoms with E-state index >= 15 is 0 Å². The van der Waals surface area contributed by atoms with E-state index in [1.165, 1.54) is 19.1 Å². The lowest BCUT2D eigenvalue weighted by molar-refractivity contribution is -0.129. The lowest BCUT2D eigenvalue weighted by Gasteiger charge is -2.29. The van der Waals surface area contributed by atoms with Gasteiger partial charge in [0.2, 0.25) is 0 Å². The summed E-state index contributed by atoms with van der Waals surface area (Å²) in [5.41, 5.74) is 0.614. The third-order valence-electron chi connectivity index (χ3n) is 4.79. The van der Waals surface area contributed by atoms with Gasteiger partial charge in [0.15, 0.2) is 6.10 Å². The Labute approximate surface area is 165 Å². The molecule has 0 unspecified atom stereocenters. The number of anilines is 1. The summed E-state index contributed by atoms with van der Waals surface area (Å²) in [6.07, 6.45) is 3.30. The third kappa shape index (κ3) is 4.19. The van der Waals surface area contributed by atoms with Gasteiger partial charge in [-0.2, -0.15) is 8.42 Å². The zero-order chi connectivity index (χ0) is 20.3. The van der Waals surface area contributed by atoms with Gasteiger partial charge in [0.25, 0.3) is 15.9 Å². The first-order chi connectivity index (χ1) is 13.3. The van der Waals surface area contributed by atoms with Crippen molar-refractivity contribution in [2.45, 2.75) is 57.0 Å². The van der Waals surface area contributed by atoms with Gasteiger partial charge in [-0.1, -0.05) is 13.3 Å². The van der Waals surface area contributed by atoms with Gasteiger partial charge in [-0.3, -0.25) is 4.79 Å². The van der Waals surface area contributed by atoms with Gasteiger partial charge in [0.1, 0.15) is 10.7 Å². The summed E-state index contributed by atoms with van der Waals surface area (Å²) in [5, 5.41) is 2.65.